The van der Waals surface area contributed by atoms with Crippen molar-refractivity contribution in [1.82, 2.24) is 14.8 Å². The van der Waals surface area contributed by atoms with Crippen LogP contribution in [0.3, 0.4) is 0 Å². The summed E-state index contributed by atoms with van der Waals surface area (Å²) in [5.74, 6) is 6.03. The molecule has 0 saturated carbocycles. The minimum Gasteiger partial charge on any atom is -0.336 e. The number of benzene rings is 2. The molecule has 1 aromatic heterocycles. The number of nitrogens with one attached hydrogen (secondary N) is 1. The molecular weight excluding hydrogens is 400 g/mol. The van der Waals surface area contributed by atoms with Gasteiger partial charge in [0, 0.05) is 49.2 Å². The number of carbonyl (C=O) groups excluding carboxylic acids is 2. The van der Waals surface area contributed by atoms with Crippen LogP contribution in [0, 0.1) is 11.8 Å². The second kappa shape index (κ2) is 10.4. The van der Waals surface area contributed by atoms with Crippen molar-refractivity contribution in [1.29, 1.82) is 0 Å². The molecule has 0 radical (unpaired) electrons. The Morgan fingerprint density at radius 2 is 1.66 bits per heavy atom. The molecule has 6 heteroatoms. The van der Waals surface area contributed by atoms with E-state index in [4.69, 9.17) is 0 Å². The zero-order chi connectivity index (χ0) is 22.2. The fourth-order valence-electron chi connectivity index (χ4n) is 3.52. The first-order valence-corrected chi connectivity index (χ1v) is 10.6. The summed E-state index contributed by atoms with van der Waals surface area (Å²) in [4.78, 5) is 33.3. The van der Waals surface area contributed by atoms with Gasteiger partial charge in [-0.1, -0.05) is 36.3 Å². The number of rotatable bonds is 4. The molecule has 1 aliphatic heterocycles. The van der Waals surface area contributed by atoms with Gasteiger partial charge in [-0.05, 0) is 48.4 Å². The Kier molecular flexibility index (Phi) is 6.91. The summed E-state index contributed by atoms with van der Waals surface area (Å²) >= 11 is 0. The molecule has 0 aliphatic carbocycles. The van der Waals surface area contributed by atoms with Crippen LogP contribution in [0.2, 0.25) is 0 Å². The number of piperazine rings is 1. The lowest BCUT2D eigenvalue weighted by Gasteiger charge is -2.34. The Hall–Kier alpha value is -3.95. The van der Waals surface area contributed by atoms with Crippen molar-refractivity contribution in [2.75, 3.05) is 38.0 Å². The van der Waals surface area contributed by atoms with Gasteiger partial charge in [0.25, 0.3) is 5.91 Å². The average molecular weight is 425 g/mol. The number of amides is 2. The van der Waals surface area contributed by atoms with Crippen LogP contribution in [0.15, 0.2) is 79.0 Å². The van der Waals surface area contributed by atoms with Crippen LogP contribution in [0.5, 0.6) is 0 Å². The third-order valence-electron chi connectivity index (χ3n) is 5.19. The van der Waals surface area contributed by atoms with E-state index in [0.29, 0.717) is 44.0 Å². The summed E-state index contributed by atoms with van der Waals surface area (Å²) < 4.78 is 0. The fourth-order valence-corrected chi connectivity index (χ4v) is 3.52. The van der Waals surface area contributed by atoms with E-state index in [2.05, 4.69) is 27.0 Å². The van der Waals surface area contributed by atoms with Crippen molar-refractivity contribution in [2.24, 2.45) is 0 Å². The highest BCUT2D eigenvalue weighted by molar-refractivity contribution is 5.95. The van der Waals surface area contributed by atoms with Gasteiger partial charge in [0.1, 0.15) is 5.69 Å². The Morgan fingerprint density at radius 3 is 2.41 bits per heavy atom. The minimum atomic E-state index is -0.0462. The van der Waals surface area contributed by atoms with Gasteiger partial charge in [0.05, 0.1) is 6.54 Å². The second-order valence-corrected chi connectivity index (χ2v) is 7.53. The predicted octanol–water partition coefficient (Wildman–Crippen LogP) is 2.88. The molecule has 0 bridgehead atoms. The summed E-state index contributed by atoms with van der Waals surface area (Å²) in [7, 11) is 0. The maximum atomic E-state index is 13.0. The van der Waals surface area contributed by atoms with Gasteiger partial charge in [-0.25, -0.2) is 4.98 Å². The lowest BCUT2D eigenvalue weighted by atomic mass is 10.1. The lowest BCUT2D eigenvalue weighted by Crippen LogP contribution is -2.50. The summed E-state index contributed by atoms with van der Waals surface area (Å²) in [5.41, 5.74) is 2.87. The Labute approximate surface area is 187 Å². The number of nitrogens with zero attached hydrogens (tertiary/aromatic N) is 3. The van der Waals surface area contributed by atoms with Crippen LogP contribution in [0.25, 0.3) is 0 Å². The molecular formula is C26H24N4O2. The molecule has 2 heterocycles. The molecule has 1 fully saturated rings. The zero-order valence-corrected chi connectivity index (χ0v) is 17.7. The first-order valence-electron chi connectivity index (χ1n) is 10.6. The Bertz CT molecular complexity index is 1130. The SMILES string of the molecule is O=C(CN1CCN(C(=O)c2cccc(C#Cc3ccccn3)c2)CC1)Nc1ccccc1. The minimum absolute atomic E-state index is 0.0140. The molecule has 0 atom stereocenters. The van der Waals surface area contributed by atoms with Crippen LogP contribution < -0.4 is 5.32 Å². The van der Waals surface area contributed by atoms with Crippen LogP contribution in [0.4, 0.5) is 5.69 Å². The number of pyridine rings is 1. The van der Waals surface area contributed by atoms with Crippen molar-refractivity contribution in [3.8, 4) is 11.8 Å². The highest BCUT2D eigenvalue weighted by Gasteiger charge is 2.23. The topological polar surface area (TPSA) is 65.5 Å². The molecule has 32 heavy (non-hydrogen) atoms. The summed E-state index contributed by atoms with van der Waals surface area (Å²) in [6.45, 7) is 2.80. The van der Waals surface area contributed by atoms with E-state index in [-0.39, 0.29) is 11.8 Å². The van der Waals surface area contributed by atoms with E-state index in [1.165, 1.54) is 0 Å². The monoisotopic (exact) mass is 424 g/mol. The van der Waals surface area contributed by atoms with Crippen molar-refractivity contribution in [2.45, 2.75) is 0 Å². The zero-order valence-electron chi connectivity index (χ0n) is 17.7. The standard InChI is InChI=1S/C26H24N4O2/c31-25(28-24-10-2-1-3-11-24)20-29-15-17-30(18-16-29)26(32)22-8-6-7-21(19-22)12-13-23-9-4-5-14-27-23/h1-11,14,19H,15-18,20H2,(H,28,31). The van der Waals surface area contributed by atoms with Crippen molar-refractivity contribution in [3.05, 3.63) is 95.8 Å². The molecule has 6 nitrogen and oxygen atoms in total. The van der Waals surface area contributed by atoms with E-state index in [9.17, 15) is 9.59 Å². The number of anilines is 1. The molecule has 4 rings (SSSR count). The van der Waals surface area contributed by atoms with Gasteiger partial charge >= 0.3 is 0 Å². The lowest BCUT2D eigenvalue weighted by molar-refractivity contribution is -0.117. The van der Waals surface area contributed by atoms with Crippen LogP contribution >= 0.6 is 0 Å². The summed E-state index contributed by atoms with van der Waals surface area (Å²) in [6, 6.07) is 22.4. The molecule has 3 aromatic rings. The quantitative estimate of drug-likeness (QED) is 0.654. The third kappa shape index (κ3) is 5.81. The second-order valence-electron chi connectivity index (χ2n) is 7.53. The number of carbonyl (C=O) groups is 2. The van der Waals surface area contributed by atoms with Crippen molar-refractivity contribution in [3.63, 3.8) is 0 Å². The van der Waals surface area contributed by atoms with E-state index < -0.39 is 0 Å². The highest BCUT2D eigenvalue weighted by Crippen LogP contribution is 2.12. The van der Waals surface area contributed by atoms with Gasteiger partial charge in [-0.15, -0.1) is 0 Å². The molecule has 0 spiro atoms. The van der Waals surface area contributed by atoms with Crippen LogP contribution in [-0.2, 0) is 4.79 Å². The maximum Gasteiger partial charge on any atom is 0.253 e. The fraction of sp³-hybridized carbons (Fsp3) is 0.192. The van der Waals surface area contributed by atoms with Crippen molar-refractivity contribution < 1.29 is 9.59 Å². The summed E-state index contributed by atoms with van der Waals surface area (Å²) in [6.07, 6.45) is 1.70. The normalized spacial score (nSPS) is 13.7. The first kappa shape index (κ1) is 21.3. The van der Waals surface area contributed by atoms with Gasteiger partial charge in [-0.2, -0.15) is 0 Å². The van der Waals surface area contributed by atoms with Gasteiger partial charge in [0.2, 0.25) is 5.91 Å². The predicted molar refractivity (Wildman–Crippen MR) is 124 cm³/mol. The molecule has 0 unspecified atom stereocenters. The van der Waals surface area contributed by atoms with E-state index in [1.54, 1.807) is 6.20 Å². The van der Waals surface area contributed by atoms with Gasteiger partial charge in [-0.3, -0.25) is 14.5 Å². The number of hydrogen-bond acceptors (Lipinski definition) is 4. The molecule has 2 amide bonds. The van der Waals surface area contributed by atoms with Crippen LogP contribution in [0.1, 0.15) is 21.6 Å². The Morgan fingerprint density at radius 1 is 0.875 bits per heavy atom. The average Bonchev–Trinajstić information content (AvgIpc) is 2.84. The first-order chi connectivity index (χ1) is 15.7. The van der Waals surface area contributed by atoms with E-state index in [0.717, 1.165) is 11.3 Å². The molecule has 160 valence electrons. The molecule has 2 aromatic carbocycles. The van der Waals surface area contributed by atoms with E-state index in [1.807, 2.05) is 77.7 Å². The number of para-hydroxylation sites is 1. The van der Waals surface area contributed by atoms with Crippen LogP contribution in [-0.4, -0.2) is 59.3 Å². The molecule has 1 N–H and O–H groups in total. The number of hydrogen-bond donors (Lipinski definition) is 1. The third-order valence-corrected chi connectivity index (χ3v) is 5.19. The maximum absolute atomic E-state index is 13.0. The van der Waals surface area contributed by atoms with Crippen molar-refractivity contribution >= 4 is 17.5 Å². The molecule has 1 aliphatic rings. The largest absolute Gasteiger partial charge is 0.336 e. The molecule has 1 saturated heterocycles. The Balaban J connectivity index is 1.31. The smallest absolute Gasteiger partial charge is 0.253 e. The van der Waals surface area contributed by atoms with Gasteiger partial charge < -0.3 is 10.2 Å². The van der Waals surface area contributed by atoms with E-state index >= 15 is 0 Å². The van der Waals surface area contributed by atoms with Gasteiger partial charge in [0.15, 0.2) is 0 Å². The highest BCUT2D eigenvalue weighted by atomic mass is 16.2. The number of aromatic nitrogens is 1. The summed E-state index contributed by atoms with van der Waals surface area (Å²) in [5, 5.41) is 2.90.